The maximum atomic E-state index is 13.1. The largest absolute Gasteiger partial charge is 0.498 e. The highest BCUT2D eigenvalue weighted by Crippen LogP contribution is 2.33. The molecule has 7 nitrogen and oxygen atoms in total. The van der Waals surface area contributed by atoms with Crippen molar-refractivity contribution in [2.24, 2.45) is 5.73 Å². The van der Waals surface area contributed by atoms with Crippen LogP contribution in [-0.4, -0.2) is 44.2 Å². The summed E-state index contributed by atoms with van der Waals surface area (Å²) in [4.78, 5) is 26.9. The van der Waals surface area contributed by atoms with Gasteiger partial charge < -0.3 is 20.1 Å². The Morgan fingerprint density at radius 2 is 1.79 bits per heavy atom. The van der Waals surface area contributed by atoms with Gasteiger partial charge in [-0.2, -0.15) is 0 Å². The van der Waals surface area contributed by atoms with Crippen LogP contribution in [0, 0.1) is 5.41 Å². The number of nitrogens with zero attached hydrogens (tertiary/aromatic N) is 1. The topological polar surface area (TPSA) is 106 Å². The number of carbonyl (C=O) groups is 2. The first-order chi connectivity index (χ1) is 13.9. The molecule has 29 heavy (non-hydrogen) atoms. The molecule has 0 fully saturated rings. The number of nitrogens with two attached hydrogens (primary N) is 1. The lowest BCUT2D eigenvalue weighted by Gasteiger charge is -2.17. The number of ether oxygens (including phenoxy) is 2. The minimum absolute atomic E-state index is 0.0224. The second-order valence-electron chi connectivity index (χ2n) is 6.24. The van der Waals surface area contributed by atoms with Crippen molar-refractivity contribution in [3.05, 3.63) is 65.4 Å². The number of methoxy groups -OCH3 is 2. The average molecular weight is 411 g/mol. The lowest BCUT2D eigenvalue weighted by atomic mass is 10.1. The van der Waals surface area contributed by atoms with Crippen molar-refractivity contribution in [1.82, 2.24) is 0 Å². The van der Waals surface area contributed by atoms with Gasteiger partial charge in [0.25, 0.3) is 5.91 Å². The molecule has 8 heteroatoms. The fourth-order valence-electron chi connectivity index (χ4n) is 2.95. The molecule has 2 aromatic rings. The third-order valence-corrected chi connectivity index (χ3v) is 5.49. The van der Waals surface area contributed by atoms with Crippen LogP contribution < -0.4 is 10.6 Å². The highest BCUT2D eigenvalue weighted by atomic mass is 32.2. The summed E-state index contributed by atoms with van der Waals surface area (Å²) in [6.45, 7) is 0.322. The van der Waals surface area contributed by atoms with Gasteiger partial charge >= 0.3 is 5.97 Å². The average Bonchev–Trinajstić information content (AvgIpc) is 3.08. The molecule has 2 aromatic carbocycles. The lowest BCUT2D eigenvalue weighted by molar-refractivity contribution is -0.137. The summed E-state index contributed by atoms with van der Waals surface area (Å²) in [5, 5.41) is 7.48. The molecule has 0 unspecified atom stereocenters. The highest BCUT2D eigenvalue weighted by Gasteiger charge is 2.33. The number of anilines is 1. The van der Waals surface area contributed by atoms with E-state index >= 15 is 0 Å². The molecule has 1 aliphatic rings. The van der Waals surface area contributed by atoms with E-state index in [9.17, 15) is 9.59 Å². The van der Waals surface area contributed by atoms with Crippen LogP contribution in [0.25, 0.3) is 5.57 Å². The predicted molar refractivity (Wildman–Crippen MR) is 113 cm³/mol. The molecule has 0 bridgehead atoms. The van der Waals surface area contributed by atoms with Crippen molar-refractivity contribution in [2.45, 2.75) is 4.90 Å². The molecule has 1 aliphatic heterocycles. The van der Waals surface area contributed by atoms with Crippen LogP contribution >= 0.6 is 11.8 Å². The highest BCUT2D eigenvalue weighted by molar-refractivity contribution is 8.00. The van der Waals surface area contributed by atoms with Crippen molar-refractivity contribution in [3.8, 4) is 0 Å². The first-order valence-electron chi connectivity index (χ1n) is 8.78. The third-order valence-electron chi connectivity index (χ3n) is 4.50. The summed E-state index contributed by atoms with van der Waals surface area (Å²) < 4.78 is 10.1. The van der Waals surface area contributed by atoms with E-state index in [2.05, 4.69) is 4.74 Å². The Hall–Kier alpha value is -3.26. The van der Waals surface area contributed by atoms with Crippen LogP contribution in [0.2, 0.25) is 0 Å². The summed E-state index contributed by atoms with van der Waals surface area (Å²) in [5.74, 6) is 0.338. The van der Waals surface area contributed by atoms with E-state index in [1.807, 2.05) is 24.3 Å². The smallest absolute Gasteiger partial charge is 0.315 e. The Kier molecular flexibility index (Phi) is 6.23. The molecule has 150 valence electrons. The van der Waals surface area contributed by atoms with Gasteiger partial charge in [0.05, 0.1) is 32.1 Å². The van der Waals surface area contributed by atoms with Crippen molar-refractivity contribution in [3.63, 3.8) is 0 Å². The summed E-state index contributed by atoms with van der Waals surface area (Å²) in [6.07, 6.45) is 0. The van der Waals surface area contributed by atoms with Crippen molar-refractivity contribution in [2.75, 3.05) is 31.4 Å². The quantitative estimate of drug-likeness (QED) is 0.314. The molecular formula is C21H21N3O4S. The Morgan fingerprint density at radius 3 is 2.34 bits per heavy atom. The van der Waals surface area contributed by atoms with Crippen LogP contribution in [0.4, 0.5) is 5.69 Å². The summed E-state index contributed by atoms with van der Waals surface area (Å²) >= 11 is 1.37. The van der Waals surface area contributed by atoms with E-state index in [-0.39, 0.29) is 23.5 Å². The zero-order valence-electron chi connectivity index (χ0n) is 16.1. The second kappa shape index (κ2) is 8.83. The van der Waals surface area contributed by atoms with Gasteiger partial charge in [0.15, 0.2) is 0 Å². The van der Waals surface area contributed by atoms with Gasteiger partial charge in [-0.25, -0.2) is 0 Å². The van der Waals surface area contributed by atoms with Crippen molar-refractivity contribution in [1.29, 1.82) is 5.41 Å². The fourth-order valence-corrected chi connectivity index (χ4v) is 3.68. The Labute approximate surface area is 173 Å². The van der Waals surface area contributed by atoms with Gasteiger partial charge in [0.1, 0.15) is 11.6 Å². The van der Waals surface area contributed by atoms with Gasteiger partial charge in [0, 0.05) is 16.1 Å². The van der Waals surface area contributed by atoms with Gasteiger partial charge in [-0.1, -0.05) is 12.1 Å². The van der Waals surface area contributed by atoms with E-state index in [0.717, 1.165) is 10.5 Å². The number of benzene rings is 2. The molecule has 3 rings (SSSR count). The van der Waals surface area contributed by atoms with Crippen LogP contribution in [0.1, 0.15) is 11.1 Å². The number of nitrogens with one attached hydrogen (secondary N) is 1. The fraction of sp³-hybridized carbons (Fsp3) is 0.190. The van der Waals surface area contributed by atoms with E-state index in [0.29, 0.717) is 29.1 Å². The number of carbonyl (C=O) groups excluding carboxylic acids is 2. The third kappa shape index (κ3) is 4.43. The van der Waals surface area contributed by atoms with Crippen LogP contribution in [-0.2, 0) is 19.1 Å². The first kappa shape index (κ1) is 20.5. The van der Waals surface area contributed by atoms with E-state index in [1.54, 1.807) is 36.3 Å². The van der Waals surface area contributed by atoms with Crippen LogP contribution in [0.5, 0.6) is 0 Å². The molecule has 0 spiro atoms. The maximum absolute atomic E-state index is 13.1. The monoisotopic (exact) mass is 411 g/mol. The van der Waals surface area contributed by atoms with Crippen LogP contribution in [0.3, 0.4) is 0 Å². The molecule has 1 heterocycles. The molecule has 0 aliphatic carbocycles. The summed E-state index contributed by atoms with van der Waals surface area (Å²) in [5.41, 5.74) is 8.05. The number of rotatable bonds is 7. The van der Waals surface area contributed by atoms with E-state index in [4.69, 9.17) is 15.9 Å². The summed E-state index contributed by atoms with van der Waals surface area (Å²) in [6, 6.07) is 14.4. The number of esters is 1. The molecule has 3 N–H and O–H groups in total. The molecular weight excluding hydrogens is 390 g/mol. The van der Waals surface area contributed by atoms with Crippen molar-refractivity contribution < 1.29 is 19.1 Å². The first-order valence-corrected chi connectivity index (χ1v) is 9.76. The standard InChI is InChI=1S/C21H21N3O4S/c1-27-17-11-24(15-7-3-14(4-8-15)20(22)23)21(26)19(17)13-5-9-16(10-6-13)29-12-18(25)28-2/h3-10H,11-12H2,1-2H3,(H3,22,23). The minimum Gasteiger partial charge on any atom is -0.498 e. The van der Waals surface area contributed by atoms with Gasteiger partial charge in [0.2, 0.25) is 0 Å². The van der Waals surface area contributed by atoms with Gasteiger partial charge in [-0.05, 0) is 42.0 Å². The Morgan fingerprint density at radius 1 is 1.14 bits per heavy atom. The predicted octanol–water partition coefficient (Wildman–Crippen LogP) is 2.64. The SMILES string of the molecule is COC(=O)CSc1ccc(C2=C(OC)CN(c3ccc(C(=N)N)cc3)C2=O)cc1. The molecule has 0 radical (unpaired) electrons. The lowest BCUT2D eigenvalue weighted by Crippen LogP contribution is -2.26. The number of amides is 1. The summed E-state index contributed by atoms with van der Waals surface area (Å²) in [7, 11) is 2.90. The number of nitrogen functional groups attached to an aromatic ring is 1. The number of hydrogen-bond donors (Lipinski definition) is 2. The minimum atomic E-state index is -0.291. The normalized spacial score (nSPS) is 13.6. The zero-order chi connectivity index (χ0) is 21.0. The number of amidine groups is 1. The van der Waals surface area contributed by atoms with E-state index in [1.165, 1.54) is 18.9 Å². The maximum Gasteiger partial charge on any atom is 0.315 e. The Bertz CT molecular complexity index is 968. The molecule has 0 saturated carbocycles. The second-order valence-corrected chi connectivity index (χ2v) is 7.29. The van der Waals surface area contributed by atoms with Crippen molar-refractivity contribution >= 4 is 40.7 Å². The Balaban J connectivity index is 1.80. The molecule has 0 saturated heterocycles. The van der Waals surface area contributed by atoms with Gasteiger partial charge in [-0.15, -0.1) is 11.8 Å². The number of hydrogen-bond acceptors (Lipinski definition) is 6. The molecule has 1 amide bonds. The van der Waals surface area contributed by atoms with Gasteiger partial charge in [-0.3, -0.25) is 15.0 Å². The molecule has 0 aromatic heterocycles. The van der Waals surface area contributed by atoms with Crippen LogP contribution in [0.15, 0.2) is 59.2 Å². The van der Waals surface area contributed by atoms with E-state index < -0.39 is 0 Å². The zero-order valence-corrected chi connectivity index (χ0v) is 16.9. The molecule has 0 atom stereocenters. The number of thioether (sulfide) groups is 1.